The summed E-state index contributed by atoms with van der Waals surface area (Å²) >= 11 is 0. The van der Waals surface area contributed by atoms with Gasteiger partial charge in [-0.3, -0.25) is 0 Å². The molecular weight excluding hydrogens is 234 g/mol. The van der Waals surface area contributed by atoms with Gasteiger partial charge in [-0.2, -0.15) is 0 Å². The van der Waals surface area contributed by atoms with Gasteiger partial charge < -0.3 is 10.0 Å². The zero-order chi connectivity index (χ0) is 13.5. The normalized spacial score (nSPS) is 26.4. The summed E-state index contributed by atoms with van der Waals surface area (Å²) in [5.41, 5.74) is 3.55. The number of hydrogen-bond acceptors (Lipinski definition) is 2. The molecule has 0 bridgehead atoms. The van der Waals surface area contributed by atoms with Crippen molar-refractivity contribution in [2.45, 2.75) is 44.6 Å². The predicted molar refractivity (Wildman–Crippen MR) is 78.3 cm³/mol. The first-order valence-corrected chi connectivity index (χ1v) is 7.64. The first-order valence-electron chi connectivity index (χ1n) is 7.64. The molecule has 0 radical (unpaired) electrons. The van der Waals surface area contributed by atoms with E-state index >= 15 is 0 Å². The van der Waals surface area contributed by atoms with Crippen molar-refractivity contribution < 1.29 is 5.11 Å². The van der Waals surface area contributed by atoms with E-state index in [-0.39, 0.29) is 0 Å². The summed E-state index contributed by atoms with van der Waals surface area (Å²) in [6.45, 7) is 4.26. The minimum absolute atomic E-state index is 0.591. The van der Waals surface area contributed by atoms with Crippen LogP contribution in [-0.2, 0) is 18.4 Å². The maximum absolute atomic E-state index is 10.9. The molecule has 1 aromatic carbocycles. The van der Waals surface area contributed by atoms with E-state index in [4.69, 9.17) is 0 Å². The molecular formula is C17H25NO. The van der Waals surface area contributed by atoms with Crippen LogP contribution < -0.4 is 0 Å². The number of rotatable bonds is 2. The fraction of sp³-hybridized carbons (Fsp3) is 0.647. The highest BCUT2D eigenvalue weighted by Crippen LogP contribution is 2.36. The number of aliphatic hydroxyl groups is 1. The Morgan fingerprint density at radius 2 is 1.89 bits per heavy atom. The molecule has 1 aliphatic carbocycles. The third kappa shape index (κ3) is 2.44. The monoisotopic (exact) mass is 259 g/mol. The fourth-order valence-corrected chi connectivity index (χ4v) is 3.56. The van der Waals surface area contributed by atoms with Crippen LogP contribution in [0.1, 0.15) is 42.9 Å². The Bertz CT molecular complexity index is 460. The number of fused-ring (bicyclic) bond motifs is 1. The molecule has 1 aromatic rings. The molecule has 1 heterocycles. The van der Waals surface area contributed by atoms with Gasteiger partial charge in [0.25, 0.3) is 0 Å². The summed E-state index contributed by atoms with van der Waals surface area (Å²) in [4.78, 5) is 2.30. The van der Waals surface area contributed by atoms with Crippen LogP contribution in [0.4, 0.5) is 0 Å². The second-order valence-corrected chi connectivity index (χ2v) is 6.50. The van der Waals surface area contributed by atoms with Crippen molar-refractivity contribution in [1.82, 2.24) is 4.90 Å². The fourth-order valence-electron chi connectivity index (χ4n) is 3.56. The summed E-state index contributed by atoms with van der Waals surface area (Å²) in [6, 6.07) is 6.72. The second-order valence-electron chi connectivity index (χ2n) is 6.50. The molecule has 104 valence electrons. The standard InChI is InChI=1S/C17H25NO/c1-3-13-10-14-4-5-16(12-15(14)11-13)17(19)6-8-18(2)9-7-17/h4-5,12-13,19H,3,6-11H2,1-2H3. The van der Waals surface area contributed by atoms with Crippen LogP contribution in [0.5, 0.6) is 0 Å². The van der Waals surface area contributed by atoms with Gasteiger partial charge in [0.2, 0.25) is 0 Å². The summed E-state index contributed by atoms with van der Waals surface area (Å²) in [5.74, 6) is 0.817. The van der Waals surface area contributed by atoms with E-state index in [0.717, 1.165) is 37.4 Å². The molecule has 1 saturated heterocycles. The summed E-state index contributed by atoms with van der Waals surface area (Å²) in [6.07, 6.45) is 5.42. The summed E-state index contributed by atoms with van der Waals surface area (Å²) < 4.78 is 0. The maximum atomic E-state index is 10.9. The predicted octanol–water partition coefficient (Wildman–Crippen LogP) is 2.72. The number of hydrogen-bond donors (Lipinski definition) is 1. The lowest BCUT2D eigenvalue weighted by atomic mass is 9.83. The SMILES string of the molecule is CCC1Cc2ccc(C3(O)CCN(C)CC3)cc2C1. The van der Waals surface area contributed by atoms with Crippen LogP contribution in [0, 0.1) is 5.92 Å². The lowest BCUT2D eigenvalue weighted by Crippen LogP contribution is -2.40. The summed E-state index contributed by atoms with van der Waals surface area (Å²) in [5, 5.41) is 10.9. The third-order valence-corrected chi connectivity index (χ3v) is 5.15. The first kappa shape index (κ1) is 13.1. The van der Waals surface area contributed by atoms with Crippen molar-refractivity contribution in [3.8, 4) is 0 Å². The van der Waals surface area contributed by atoms with E-state index in [2.05, 4.69) is 37.1 Å². The molecule has 0 saturated carbocycles. The number of piperidine rings is 1. The smallest absolute Gasteiger partial charge is 0.0921 e. The van der Waals surface area contributed by atoms with Crippen molar-refractivity contribution in [2.24, 2.45) is 5.92 Å². The molecule has 0 spiro atoms. The molecule has 3 rings (SSSR count). The van der Waals surface area contributed by atoms with Crippen molar-refractivity contribution in [3.63, 3.8) is 0 Å². The van der Waals surface area contributed by atoms with Crippen LogP contribution in [0.15, 0.2) is 18.2 Å². The Balaban J connectivity index is 1.83. The van der Waals surface area contributed by atoms with Gasteiger partial charge in [0.1, 0.15) is 0 Å². The largest absolute Gasteiger partial charge is 0.385 e. The number of benzene rings is 1. The van der Waals surface area contributed by atoms with Crippen molar-refractivity contribution in [2.75, 3.05) is 20.1 Å². The Hall–Kier alpha value is -0.860. The highest BCUT2D eigenvalue weighted by molar-refractivity contribution is 5.38. The molecule has 2 nitrogen and oxygen atoms in total. The first-order chi connectivity index (χ1) is 9.10. The quantitative estimate of drug-likeness (QED) is 0.883. The zero-order valence-electron chi connectivity index (χ0n) is 12.2. The van der Waals surface area contributed by atoms with Gasteiger partial charge in [-0.15, -0.1) is 0 Å². The summed E-state index contributed by atoms with van der Waals surface area (Å²) in [7, 11) is 2.13. The van der Waals surface area contributed by atoms with E-state index in [1.54, 1.807) is 0 Å². The van der Waals surface area contributed by atoms with E-state index in [0.29, 0.717) is 0 Å². The van der Waals surface area contributed by atoms with Crippen LogP contribution >= 0.6 is 0 Å². The molecule has 1 fully saturated rings. The Kier molecular flexibility index (Phi) is 3.40. The molecule has 1 aliphatic heterocycles. The van der Waals surface area contributed by atoms with E-state index in [1.807, 2.05) is 0 Å². The molecule has 1 N–H and O–H groups in total. The topological polar surface area (TPSA) is 23.5 Å². The van der Waals surface area contributed by atoms with Gasteiger partial charge in [-0.05, 0) is 55.3 Å². The van der Waals surface area contributed by atoms with E-state index < -0.39 is 5.60 Å². The molecule has 0 amide bonds. The molecule has 2 aliphatic rings. The molecule has 0 aromatic heterocycles. The van der Waals surface area contributed by atoms with Gasteiger partial charge in [-0.25, -0.2) is 0 Å². The molecule has 1 unspecified atom stereocenters. The van der Waals surface area contributed by atoms with Gasteiger partial charge in [0.15, 0.2) is 0 Å². The van der Waals surface area contributed by atoms with E-state index in [9.17, 15) is 5.11 Å². The van der Waals surface area contributed by atoms with Crippen LogP contribution in [0.25, 0.3) is 0 Å². The van der Waals surface area contributed by atoms with Crippen molar-refractivity contribution in [3.05, 3.63) is 34.9 Å². The zero-order valence-corrected chi connectivity index (χ0v) is 12.2. The van der Waals surface area contributed by atoms with Gasteiger partial charge in [0, 0.05) is 13.1 Å². The maximum Gasteiger partial charge on any atom is 0.0921 e. The van der Waals surface area contributed by atoms with Crippen molar-refractivity contribution in [1.29, 1.82) is 0 Å². The highest BCUT2D eigenvalue weighted by Gasteiger charge is 2.34. The highest BCUT2D eigenvalue weighted by atomic mass is 16.3. The minimum Gasteiger partial charge on any atom is -0.385 e. The Morgan fingerprint density at radius 3 is 2.58 bits per heavy atom. The van der Waals surface area contributed by atoms with Crippen molar-refractivity contribution >= 4 is 0 Å². The second kappa shape index (κ2) is 4.92. The number of likely N-dealkylation sites (tertiary alicyclic amines) is 1. The number of nitrogens with zero attached hydrogens (tertiary/aromatic N) is 1. The minimum atomic E-state index is -0.591. The third-order valence-electron chi connectivity index (χ3n) is 5.15. The molecule has 2 heteroatoms. The van der Waals surface area contributed by atoms with Gasteiger partial charge in [-0.1, -0.05) is 31.5 Å². The average molecular weight is 259 g/mol. The molecule has 1 atom stereocenters. The van der Waals surface area contributed by atoms with Gasteiger partial charge in [0.05, 0.1) is 5.60 Å². The molecule has 19 heavy (non-hydrogen) atoms. The Morgan fingerprint density at radius 1 is 1.21 bits per heavy atom. The average Bonchev–Trinajstić information content (AvgIpc) is 2.84. The lowest BCUT2D eigenvalue weighted by molar-refractivity contribution is -0.0203. The Labute approximate surface area is 116 Å². The van der Waals surface area contributed by atoms with Crippen LogP contribution in [0.3, 0.4) is 0 Å². The lowest BCUT2D eigenvalue weighted by Gasteiger charge is -2.37. The van der Waals surface area contributed by atoms with Crippen LogP contribution in [-0.4, -0.2) is 30.1 Å². The van der Waals surface area contributed by atoms with Crippen LogP contribution in [0.2, 0.25) is 0 Å². The van der Waals surface area contributed by atoms with Gasteiger partial charge >= 0.3 is 0 Å². The van der Waals surface area contributed by atoms with E-state index in [1.165, 1.54) is 30.4 Å².